The molecule has 0 aliphatic carbocycles. The number of benzene rings is 1. The molecule has 1 aromatic carbocycles. The summed E-state index contributed by atoms with van der Waals surface area (Å²) in [5.74, 6) is 1.18. The second kappa shape index (κ2) is 8.31. The first-order valence-corrected chi connectivity index (χ1v) is 9.87. The number of carbonyl (C=O) groups is 2. The van der Waals surface area contributed by atoms with Crippen molar-refractivity contribution in [1.82, 2.24) is 30.0 Å². The Hall–Kier alpha value is -3.40. The van der Waals surface area contributed by atoms with Crippen molar-refractivity contribution in [3.05, 3.63) is 48.8 Å². The maximum atomic E-state index is 12.4. The molecule has 4 rings (SSSR count). The Balaban J connectivity index is 1.65. The zero-order valence-corrected chi connectivity index (χ0v) is 16.4. The first-order valence-electron chi connectivity index (χ1n) is 8.88. The minimum Gasteiger partial charge on any atom is -0.497 e. The monoisotopic (exact) mass is 410 g/mol. The molecular formula is C19H18N6O3S. The highest BCUT2D eigenvalue weighted by Crippen LogP contribution is 2.28. The molecule has 1 saturated heterocycles. The topological polar surface area (TPSA) is 102 Å². The van der Waals surface area contributed by atoms with Crippen LogP contribution in [0, 0.1) is 0 Å². The van der Waals surface area contributed by atoms with Crippen molar-refractivity contribution in [3.63, 3.8) is 0 Å². The highest BCUT2D eigenvalue weighted by atomic mass is 32.2. The predicted molar refractivity (Wildman–Crippen MR) is 107 cm³/mol. The SMILES string of the molecule is COc1ccc(-n2c(SCC(=O)N3CCNC3=O)nnc2-c2ccncc2)cc1. The van der Waals surface area contributed by atoms with Gasteiger partial charge in [0.05, 0.1) is 12.9 Å². The molecule has 0 spiro atoms. The Bertz CT molecular complexity index is 1020. The van der Waals surface area contributed by atoms with Crippen LogP contribution < -0.4 is 10.1 Å². The molecule has 2 aromatic heterocycles. The third kappa shape index (κ3) is 3.92. The molecule has 0 radical (unpaired) electrons. The van der Waals surface area contributed by atoms with E-state index >= 15 is 0 Å². The van der Waals surface area contributed by atoms with E-state index in [1.165, 1.54) is 16.7 Å². The molecule has 1 N–H and O–H groups in total. The van der Waals surface area contributed by atoms with E-state index in [0.717, 1.165) is 17.0 Å². The van der Waals surface area contributed by atoms with Crippen LogP contribution in [-0.4, -0.2) is 62.5 Å². The third-order valence-electron chi connectivity index (χ3n) is 4.39. The molecule has 10 heteroatoms. The van der Waals surface area contributed by atoms with E-state index in [9.17, 15) is 9.59 Å². The number of hydrogen-bond donors (Lipinski definition) is 1. The molecule has 0 bridgehead atoms. The van der Waals surface area contributed by atoms with Gasteiger partial charge in [0.2, 0.25) is 5.91 Å². The second-order valence-electron chi connectivity index (χ2n) is 6.14. The summed E-state index contributed by atoms with van der Waals surface area (Å²) in [5, 5.41) is 11.8. The molecular weight excluding hydrogens is 392 g/mol. The highest BCUT2D eigenvalue weighted by Gasteiger charge is 2.27. The maximum Gasteiger partial charge on any atom is 0.324 e. The second-order valence-corrected chi connectivity index (χ2v) is 7.08. The Morgan fingerprint density at radius 3 is 2.59 bits per heavy atom. The zero-order valence-electron chi connectivity index (χ0n) is 15.6. The molecule has 29 heavy (non-hydrogen) atoms. The average Bonchev–Trinajstić information content (AvgIpc) is 3.39. The third-order valence-corrected chi connectivity index (χ3v) is 5.30. The number of urea groups is 1. The van der Waals surface area contributed by atoms with Crippen LogP contribution in [0.5, 0.6) is 5.75 Å². The summed E-state index contributed by atoms with van der Waals surface area (Å²) < 4.78 is 7.11. The summed E-state index contributed by atoms with van der Waals surface area (Å²) in [7, 11) is 1.61. The van der Waals surface area contributed by atoms with Gasteiger partial charge in [-0.05, 0) is 36.4 Å². The molecule has 0 atom stereocenters. The van der Waals surface area contributed by atoms with E-state index in [2.05, 4.69) is 20.5 Å². The molecule has 1 fully saturated rings. The standard InChI is InChI=1S/C19H18N6O3S/c1-28-15-4-2-14(3-5-15)25-17(13-6-8-20-9-7-13)22-23-19(25)29-12-16(26)24-11-10-21-18(24)27/h2-9H,10-12H2,1H3,(H,21,27). The van der Waals surface area contributed by atoms with Gasteiger partial charge < -0.3 is 10.1 Å². The molecule has 3 amide bonds. The first-order chi connectivity index (χ1) is 14.2. The Kier molecular flexibility index (Phi) is 5.43. The highest BCUT2D eigenvalue weighted by molar-refractivity contribution is 7.99. The number of hydrogen-bond acceptors (Lipinski definition) is 7. The molecule has 0 saturated carbocycles. The summed E-state index contributed by atoms with van der Waals surface area (Å²) in [6.45, 7) is 0.856. The molecule has 1 aliphatic rings. The number of methoxy groups -OCH3 is 1. The number of ether oxygens (including phenoxy) is 1. The number of carbonyl (C=O) groups excluding carboxylic acids is 2. The zero-order chi connectivity index (χ0) is 20.2. The van der Waals surface area contributed by atoms with Crippen molar-refractivity contribution in [2.75, 3.05) is 26.0 Å². The van der Waals surface area contributed by atoms with E-state index in [1.54, 1.807) is 19.5 Å². The maximum absolute atomic E-state index is 12.4. The molecule has 0 unspecified atom stereocenters. The van der Waals surface area contributed by atoms with Gasteiger partial charge in [-0.3, -0.25) is 19.2 Å². The van der Waals surface area contributed by atoms with Crippen LogP contribution in [0.15, 0.2) is 53.9 Å². The molecule has 9 nitrogen and oxygen atoms in total. The van der Waals surface area contributed by atoms with Crippen molar-refractivity contribution in [2.24, 2.45) is 0 Å². The summed E-state index contributed by atoms with van der Waals surface area (Å²) in [4.78, 5) is 29.4. The Morgan fingerprint density at radius 2 is 1.93 bits per heavy atom. The largest absolute Gasteiger partial charge is 0.497 e. The summed E-state index contributed by atoms with van der Waals surface area (Å²) in [5.41, 5.74) is 1.68. The van der Waals surface area contributed by atoms with E-state index in [1.807, 2.05) is 41.0 Å². The van der Waals surface area contributed by atoms with Gasteiger partial charge in [0.25, 0.3) is 0 Å². The van der Waals surface area contributed by atoms with Crippen LogP contribution in [0.4, 0.5) is 4.79 Å². The average molecular weight is 410 g/mol. The number of amides is 3. The number of nitrogens with zero attached hydrogens (tertiary/aromatic N) is 5. The lowest BCUT2D eigenvalue weighted by atomic mass is 10.2. The van der Waals surface area contributed by atoms with Gasteiger partial charge in [-0.15, -0.1) is 10.2 Å². The summed E-state index contributed by atoms with van der Waals surface area (Å²) in [6.07, 6.45) is 3.37. The van der Waals surface area contributed by atoms with Crippen LogP contribution in [0.1, 0.15) is 0 Å². The van der Waals surface area contributed by atoms with Crippen LogP contribution in [0.25, 0.3) is 17.1 Å². The first kappa shape index (κ1) is 18.9. The van der Waals surface area contributed by atoms with E-state index in [-0.39, 0.29) is 17.7 Å². The summed E-state index contributed by atoms with van der Waals surface area (Å²) in [6, 6.07) is 10.8. The quantitative estimate of drug-likeness (QED) is 0.620. The van der Waals surface area contributed by atoms with Crippen molar-refractivity contribution in [1.29, 1.82) is 0 Å². The smallest absolute Gasteiger partial charge is 0.324 e. The van der Waals surface area contributed by atoms with Gasteiger partial charge in [0, 0.05) is 36.7 Å². The van der Waals surface area contributed by atoms with Crippen molar-refractivity contribution in [3.8, 4) is 22.8 Å². The van der Waals surface area contributed by atoms with Crippen molar-refractivity contribution in [2.45, 2.75) is 5.16 Å². The van der Waals surface area contributed by atoms with Gasteiger partial charge in [-0.25, -0.2) is 4.79 Å². The number of imide groups is 1. The van der Waals surface area contributed by atoms with Crippen LogP contribution >= 0.6 is 11.8 Å². The fourth-order valence-electron chi connectivity index (χ4n) is 2.93. The lowest BCUT2D eigenvalue weighted by Crippen LogP contribution is -2.35. The van der Waals surface area contributed by atoms with E-state index in [4.69, 9.17) is 4.74 Å². The minimum absolute atomic E-state index is 0.0814. The van der Waals surface area contributed by atoms with Crippen LogP contribution in [0.2, 0.25) is 0 Å². The lowest BCUT2D eigenvalue weighted by molar-refractivity contribution is -0.124. The number of aromatic nitrogens is 4. The molecule has 3 aromatic rings. The number of thioether (sulfide) groups is 1. The van der Waals surface area contributed by atoms with Crippen LogP contribution in [0.3, 0.4) is 0 Å². The number of nitrogens with one attached hydrogen (secondary N) is 1. The van der Waals surface area contributed by atoms with E-state index in [0.29, 0.717) is 24.1 Å². The van der Waals surface area contributed by atoms with E-state index < -0.39 is 0 Å². The van der Waals surface area contributed by atoms with Gasteiger partial charge >= 0.3 is 6.03 Å². The molecule has 1 aliphatic heterocycles. The summed E-state index contributed by atoms with van der Waals surface area (Å²) >= 11 is 1.24. The Morgan fingerprint density at radius 1 is 1.17 bits per heavy atom. The lowest BCUT2D eigenvalue weighted by Gasteiger charge is -2.13. The van der Waals surface area contributed by atoms with Gasteiger partial charge in [-0.2, -0.15) is 0 Å². The predicted octanol–water partition coefficient (Wildman–Crippen LogP) is 1.98. The van der Waals surface area contributed by atoms with Gasteiger partial charge in [-0.1, -0.05) is 11.8 Å². The molecule has 148 valence electrons. The fraction of sp³-hybridized carbons (Fsp3) is 0.211. The normalized spacial score (nSPS) is 13.4. The van der Waals surface area contributed by atoms with Crippen LogP contribution in [-0.2, 0) is 4.79 Å². The Labute approximate surface area is 171 Å². The minimum atomic E-state index is -0.357. The molecule has 3 heterocycles. The van der Waals surface area contributed by atoms with Gasteiger partial charge in [0.15, 0.2) is 11.0 Å². The fourth-order valence-corrected chi connectivity index (χ4v) is 3.76. The van der Waals surface area contributed by atoms with Crippen molar-refractivity contribution >= 4 is 23.7 Å². The number of pyridine rings is 1. The number of rotatable bonds is 6. The van der Waals surface area contributed by atoms with Gasteiger partial charge in [0.1, 0.15) is 5.75 Å². The van der Waals surface area contributed by atoms with Crippen molar-refractivity contribution < 1.29 is 14.3 Å².